The van der Waals surface area contributed by atoms with Crippen molar-refractivity contribution in [2.45, 2.75) is 31.7 Å². The summed E-state index contributed by atoms with van der Waals surface area (Å²) in [4.78, 5) is 16.5. The molecule has 21 heavy (non-hydrogen) atoms. The Morgan fingerprint density at radius 1 is 1.05 bits per heavy atom. The summed E-state index contributed by atoms with van der Waals surface area (Å²) in [6.07, 6.45) is 5.30. The zero-order valence-corrected chi connectivity index (χ0v) is 12.2. The Morgan fingerprint density at radius 3 is 2.29 bits per heavy atom. The minimum atomic E-state index is -0.293. The lowest BCUT2D eigenvalue weighted by atomic mass is 10.2. The Morgan fingerprint density at radius 2 is 1.67 bits per heavy atom. The zero-order valence-electron chi connectivity index (χ0n) is 12.2. The second-order valence-corrected chi connectivity index (χ2v) is 5.90. The van der Waals surface area contributed by atoms with Crippen LogP contribution < -0.4 is 5.32 Å². The molecule has 0 radical (unpaired) electrons. The predicted octanol–water partition coefficient (Wildman–Crippen LogP) is 2.92. The van der Waals surface area contributed by atoms with E-state index in [1.807, 2.05) is 4.90 Å². The molecule has 2 amide bonds. The van der Waals surface area contributed by atoms with Gasteiger partial charge in [0, 0.05) is 37.9 Å². The fourth-order valence-corrected chi connectivity index (χ4v) is 3.30. The molecule has 2 aliphatic rings. The third-order valence-electron chi connectivity index (χ3n) is 4.54. The zero-order chi connectivity index (χ0) is 14.7. The van der Waals surface area contributed by atoms with Crippen LogP contribution in [0.15, 0.2) is 24.3 Å². The van der Waals surface area contributed by atoms with Crippen molar-refractivity contribution in [1.29, 1.82) is 0 Å². The van der Waals surface area contributed by atoms with Gasteiger partial charge in [-0.05, 0) is 37.1 Å². The van der Waals surface area contributed by atoms with E-state index in [9.17, 15) is 9.18 Å². The van der Waals surface area contributed by atoms with E-state index in [1.54, 1.807) is 12.1 Å². The molecule has 1 aliphatic carbocycles. The Bertz CT molecular complexity index is 477. The summed E-state index contributed by atoms with van der Waals surface area (Å²) in [5.74, 6) is -0.293. The maximum Gasteiger partial charge on any atom is 0.321 e. The van der Waals surface area contributed by atoms with Crippen LogP contribution in [0.3, 0.4) is 0 Å². The van der Waals surface area contributed by atoms with Crippen LogP contribution in [0.2, 0.25) is 0 Å². The van der Waals surface area contributed by atoms with Crippen molar-refractivity contribution in [1.82, 2.24) is 9.80 Å². The Labute approximate surface area is 124 Å². The number of hydrogen-bond acceptors (Lipinski definition) is 2. The van der Waals surface area contributed by atoms with Gasteiger partial charge in [-0.15, -0.1) is 0 Å². The number of nitrogens with one attached hydrogen (secondary N) is 1. The Hall–Kier alpha value is -1.62. The Kier molecular flexibility index (Phi) is 4.39. The van der Waals surface area contributed by atoms with E-state index in [4.69, 9.17) is 0 Å². The van der Waals surface area contributed by atoms with Crippen LogP contribution in [0.25, 0.3) is 0 Å². The highest BCUT2D eigenvalue weighted by Gasteiger charge is 2.27. The van der Waals surface area contributed by atoms with Gasteiger partial charge in [-0.2, -0.15) is 0 Å². The molecule has 5 heteroatoms. The molecule has 114 valence electrons. The molecule has 0 unspecified atom stereocenters. The third-order valence-corrected chi connectivity index (χ3v) is 4.54. The molecule has 1 saturated heterocycles. The number of carbonyl (C=O) groups excluding carboxylic acids is 1. The highest BCUT2D eigenvalue weighted by atomic mass is 19.1. The molecule has 0 aromatic heterocycles. The van der Waals surface area contributed by atoms with Gasteiger partial charge < -0.3 is 10.2 Å². The molecule has 1 aromatic rings. The molecule has 4 nitrogen and oxygen atoms in total. The summed E-state index contributed by atoms with van der Waals surface area (Å²) >= 11 is 0. The van der Waals surface area contributed by atoms with Crippen molar-refractivity contribution in [2.24, 2.45) is 0 Å². The fraction of sp³-hybridized carbons (Fsp3) is 0.562. The lowest BCUT2D eigenvalue weighted by Crippen LogP contribution is -2.52. The topological polar surface area (TPSA) is 35.6 Å². The van der Waals surface area contributed by atoms with Gasteiger partial charge >= 0.3 is 6.03 Å². The molecule has 1 N–H and O–H groups in total. The van der Waals surface area contributed by atoms with Gasteiger partial charge in [-0.3, -0.25) is 4.90 Å². The molecule has 1 heterocycles. The number of anilines is 1. The number of halogens is 1. The quantitative estimate of drug-likeness (QED) is 0.909. The highest BCUT2D eigenvalue weighted by Crippen LogP contribution is 2.24. The smallest absolute Gasteiger partial charge is 0.321 e. The normalized spacial score (nSPS) is 20.7. The van der Waals surface area contributed by atoms with Gasteiger partial charge in [-0.1, -0.05) is 12.8 Å². The number of urea groups is 1. The number of nitrogens with zero attached hydrogens (tertiary/aromatic N) is 2. The van der Waals surface area contributed by atoms with Gasteiger partial charge in [-0.25, -0.2) is 9.18 Å². The highest BCUT2D eigenvalue weighted by molar-refractivity contribution is 5.89. The summed E-state index contributed by atoms with van der Waals surface area (Å²) in [5, 5.41) is 2.83. The standard InChI is InChI=1S/C16H22FN3O/c17-13-5-7-14(8-6-13)18-16(21)20-11-9-19(10-12-20)15-3-1-2-4-15/h5-8,15H,1-4,9-12H2,(H,18,21). The molecule has 0 atom stereocenters. The first kappa shape index (κ1) is 14.3. The molecule has 1 aromatic carbocycles. The lowest BCUT2D eigenvalue weighted by molar-refractivity contribution is 0.115. The van der Waals surface area contributed by atoms with Crippen molar-refractivity contribution < 1.29 is 9.18 Å². The number of benzene rings is 1. The summed E-state index contributed by atoms with van der Waals surface area (Å²) in [6, 6.07) is 6.52. The molecular weight excluding hydrogens is 269 g/mol. The number of rotatable bonds is 2. The van der Waals surface area contributed by atoms with Crippen molar-refractivity contribution in [3.63, 3.8) is 0 Å². The average molecular weight is 291 g/mol. The van der Waals surface area contributed by atoms with Gasteiger partial charge in [0.15, 0.2) is 0 Å². The lowest BCUT2D eigenvalue weighted by Gasteiger charge is -2.38. The summed E-state index contributed by atoms with van der Waals surface area (Å²) in [5.41, 5.74) is 0.639. The van der Waals surface area contributed by atoms with Crippen LogP contribution in [0, 0.1) is 5.82 Å². The first-order valence-electron chi connectivity index (χ1n) is 7.78. The van der Waals surface area contributed by atoms with E-state index in [-0.39, 0.29) is 11.8 Å². The second-order valence-electron chi connectivity index (χ2n) is 5.90. The van der Waals surface area contributed by atoms with Crippen molar-refractivity contribution in [3.8, 4) is 0 Å². The summed E-state index contributed by atoms with van der Waals surface area (Å²) in [7, 11) is 0. The molecule has 1 aliphatic heterocycles. The van der Waals surface area contributed by atoms with Crippen LogP contribution in [-0.2, 0) is 0 Å². The number of amides is 2. The molecule has 0 bridgehead atoms. The first-order valence-corrected chi connectivity index (χ1v) is 7.78. The minimum Gasteiger partial charge on any atom is -0.322 e. The average Bonchev–Trinajstić information content (AvgIpc) is 3.04. The number of carbonyl (C=O) groups is 1. The maximum atomic E-state index is 12.8. The first-order chi connectivity index (χ1) is 10.2. The van der Waals surface area contributed by atoms with E-state index in [0.717, 1.165) is 32.2 Å². The van der Waals surface area contributed by atoms with Gasteiger partial charge in [0.2, 0.25) is 0 Å². The third kappa shape index (κ3) is 3.53. The van der Waals surface area contributed by atoms with Gasteiger partial charge in [0.1, 0.15) is 5.82 Å². The van der Waals surface area contributed by atoms with Crippen LogP contribution in [0.4, 0.5) is 14.9 Å². The van der Waals surface area contributed by atoms with Crippen molar-refractivity contribution in [2.75, 3.05) is 31.5 Å². The molecular formula is C16H22FN3O. The summed E-state index contributed by atoms with van der Waals surface area (Å²) < 4.78 is 12.8. The summed E-state index contributed by atoms with van der Waals surface area (Å²) in [6.45, 7) is 3.45. The molecule has 1 saturated carbocycles. The van der Waals surface area contributed by atoms with Gasteiger partial charge in [0.05, 0.1) is 0 Å². The number of hydrogen-bond donors (Lipinski definition) is 1. The van der Waals surface area contributed by atoms with E-state index in [0.29, 0.717) is 5.69 Å². The van der Waals surface area contributed by atoms with Crippen molar-refractivity contribution in [3.05, 3.63) is 30.1 Å². The van der Waals surface area contributed by atoms with Crippen LogP contribution in [-0.4, -0.2) is 48.1 Å². The van der Waals surface area contributed by atoms with E-state index in [2.05, 4.69) is 10.2 Å². The predicted molar refractivity (Wildman–Crippen MR) is 80.8 cm³/mol. The van der Waals surface area contributed by atoms with Gasteiger partial charge in [0.25, 0.3) is 0 Å². The second kappa shape index (κ2) is 6.43. The minimum absolute atomic E-state index is 0.0901. The SMILES string of the molecule is O=C(Nc1ccc(F)cc1)N1CCN(C2CCCC2)CC1. The van der Waals surface area contributed by atoms with E-state index >= 15 is 0 Å². The maximum absolute atomic E-state index is 12.8. The van der Waals surface area contributed by atoms with Crippen LogP contribution in [0.5, 0.6) is 0 Å². The van der Waals surface area contributed by atoms with E-state index < -0.39 is 0 Å². The Balaban J connectivity index is 1.49. The largest absolute Gasteiger partial charge is 0.322 e. The molecule has 0 spiro atoms. The van der Waals surface area contributed by atoms with Crippen LogP contribution >= 0.6 is 0 Å². The van der Waals surface area contributed by atoms with E-state index in [1.165, 1.54) is 37.8 Å². The van der Waals surface area contributed by atoms with Crippen LogP contribution in [0.1, 0.15) is 25.7 Å². The molecule has 2 fully saturated rings. The van der Waals surface area contributed by atoms with Crippen molar-refractivity contribution >= 4 is 11.7 Å². The number of piperazine rings is 1. The monoisotopic (exact) mass is 291 g/mol. The molecule has 3 rings (SSSR count). The fourth-order valence-electron chi connectivity index (χ4n) is 3.30.